The summed E-state index contributed by atoms with van der Waals surface area (Å²) in [6.07, 6.45) is 0.770. The predicted octanol–water partition coefficient (Wildman–Crippen LogP) is 1.09. The summed E-state index contributed by atoms with van der Waals surface area (Å²) >= 11 is 0. The van der Waals surface area contributed by atoms with Crippen LogP contribution in [0.5, 0.6) is 0 Å². The molecule has 0 unspecified atom stereocenters. The summed E-state index contributed by atoms with van der Waals surface area (Å²) in [4.78, 5) is 23.0. The highest BCUT2D eigenvalue weighted by Gasteiger charge is 2.27. The Morgan fingerprint density at radius 2 is 1.64 bits per heavy atom. The Morgan fingerprint density at radius 3 is 2.07 bits per heavy atom. The average Bonchev–Trinajstić information content (AvgIpc) is 2.33. The monoisotopic (exact) mass is 199 g/mol. The largest absolute Gasteiger partial charge is 0.370 e. The van der Waals surface area contributed by atoms with Crippen LogP contribution in [0.3, 0.4) is 0 Å². The Bertz CT molecular complexity index is 262. The number of azo groups is 1. The van der Waals surface area contributed by atoms with E-state index in [1.807, 2.05) is 0 Å². The van der Waals surface area contributed by atoms with Gasteiger partial charge in [0.25, 0.3) is 0 Å². The standard InChI is InChI=1S/C8H15N4O2/c1-12(2,3)6-4-5-11-7(13)9-10-8(11)14/h4-6H2,1-3H3/q+1. The van der Waals surface area contributed by atoms with Gasteiger partial charge in [-0.15, -0.1) is 0 Å². The van der Waals surface area contributed by atoms with Gasteiger partial charge >= 0.3 is 12.1 Å². The molecule has 0 spiro atoms. The summed E-state index contributed by atoms with van der Waals surface area (Å²) in [5.41, 5.74) is 0. The lowest BCUT2D eigenvalue weighted by Gasteiger charge is -2.24. The Kier molecular flexibility index (Phi) is 2.95. The van der Waals surface area contributed by atoms with Crippen molar-refractivity contribution in [2.24, 2.45) is 10.2 Å². The van der Waals surface area contributed by atoms with E-state index >= 15 is 0 Å². The summed E-state index contributed by atoms with van der Waals surface area (Å²) in [6, 6.07) is -1.09. The summed E-state index contributed by atoms with van der Waals surface area (Å²) in [5.74, 6) is 0. The molecule has 78 valence electrons. The van der Waals surface area contributed by atoms with Crippen molar-refractivity contribution in [2.75, 3.05) is 34.2 Å². The van der Waals surface area contributed by atoms with Crippen molar-refractivity contribution >= 4 is 12.1 Å². The van der Waals surface area contributed by atoms with Crippen molar-refractivity contribution in [3.8, 4) is 0 Å². The van der Waals surface area contributed by atoms with E-state index in [2.05, 4.69) is 31.4 Å². The van der Waals surface area contributed by atoms with Gasteiger partial charge in [-0.3, -0.25) is 0 Å². The van der Waals surface area contributed by atoms with Crippen LogP contribution in [0.15, 0.2) is 10.2 Å². The first-order valence-electron chi connectivity index (χ1n) is 4.48. The van der Waals surface area contributed by atoms with Crippen molar-refractivity contribution in [3.63, 3.8) is 0 Å². The van der Waals surface area contributed by atoms with E-state index in [0.29, 0.717) is 6.54 Å². The molecule has 0 aromatic rings. The molecule has 0 fully saturated rings. The molecule has 0 aromatic heterocycles. The van der Waals surface area contributed by atoms with E-state index in [1.54, 1.807) is 0 Å². The van der Waals surface area contributed by atoms with Crippen LogP contribution in [0.1, 0.15) is 6.42 Å². The van der Waals surface area contributed by atoms with E-state index in [-0.39, 0.29) is 0 Å². The van der Waals surface area contributed by atoms with Crippen LogP contribution in [0.4, 0.5) is 9.59 Å². The first kappa shape index (κ1) is 10.8. The van der Waals surface area contributed by atoms with Crippen molar-refractivity contribution < 1.29 is 14.1 Å². The molecule has 4 amide bonds. The number of carbonyl (C=O) groups excluding carboxylic acids is 2. The van der Waals surface area contributed by atoms with Crippen LogP contribution >= 0.6 is 0 Å². The predicted molar refractivity (Wildman–Crippen MR) is 49.9 cm³/mol. The van der Waals surface area contributed by atoms with E-state index < -0.39 is 12.1 Å². The first-order chi connectivity index (χ1) is 6.40. The highest BCUT2D eigenvalue weighted by Crippen LogP contribution is 2.08. The molecule has 0 bridgehead atoms. The molecule has 14 heavy (non-hydrogen) atoms. The summed E-state index contributed by atoms with van der Waals surface area (Å²) in [7, 11) is 6.17. The Balaban J connectivity index is 2.33. The molecule has 1 aliphatic heterocycles. The Hall–Kier alpha value is -1.30. The van der Waals surface area contributed by atoms with Crippen LogP contribution in [0, 0.1) is 0 Å². The van der Waals surface area contributed by atoms with Crippen molar-refractivity contribution in [3.05, 3.63) is 0 Å². The van der Waals surface area contributed by atoms with Gasteiger partial charge in [0.05, 0.1) is 27.7 Å². The average molecular weight is 199 g/mol. The molecule has 0 saturated carbocycles. The first-order valence-corrected chi connectivity index (χ1v) is 4.48. The quantitative estimate of drug-likeness (QED) is 0.636. The number of amides is 4. The molecule has 6 heteroatoms. The number of nitrogens with zero attached hydrogens (tertiary/aromatic N) is 4. The summed E-state index contributed by atoms with van der Waals surface area (Å²) in [5, 5.41) is 6.34. The van der Waals surface area contributed by atoms with Gasteiger partial charge in [-0.05, 0) is 0 Å². The van der Waals surface area contributed by atoms with Crippen LogP contribution < -0.4 is 0 Å². The highest BCUT2D eigenvalue weighted by atomic mass is 16.2. The fraction of sp³-hybridized carbons (Fsp3) is 0.750. The number of carbonyl (C=O) groups is 2. The zero-order chi connectivity index (χ0) is 10.8. The number of hydrogen-bond acceptors (Lipinski definition) is 2. The Labute approximate surface area is 82.8 Å². The lowest BCUT2D eigenvalue weighted by atomic mass is 10.3. The fourth-order valence-corrected chi connectivity index (χ4v) is 1.17. The zero-order valence-electron chi connectivity index (χ0n) is 8.73. The molecule has 0 N–H and O–H groups in total. The molecule has 1 rings (SSSR count). The molecule has 1 heterocycles. The fourth-order valence-electron chi connectivity index (χ4n) is 1.17. The minimum atomic E-state index is -0.545. The second-order valence-electron chi connectivity index (χ2n) is 4.28. The SMILES string of the molecule is C[N+](C)(C)CCCN1C(=O)N=NC1=O. The number of rotatable bonds is 4. The minimum absolute atomic E-state index is 0.403. The topological polar surface area (TPSA) is 62.1 Å². The lowest BCUT2D eigenvalue weighted by molar-refractivity contribution is -0.870. The zero-order valence-corrected chi connectivity index (χ0v) is 8.73. The molecule has 6 nitrogen and oxygen atoms in total. The van der Waals surface area contributed by atoms with Crippen molar-refractivity contribution in [1.29, 1.82) is 0 Å². The molecule has 0 aromatic carbocycles. The van der Waals surface area contributed by atoms with E-state index in [4.69, 9.17) is 0 Å². The van der Waals surface area contributed by atoms with Crippen molar-refractivity contribution in [1.82, 2.24) is 4.90 Å². The molecule has 0 radical (unpaired) electrons. The Morgan fingerprint density at radius 1 is 1.14 bits per heavy atom. The number of hydrogen-bond donors (Lipinski definition) is 0. The van der Waals surface area contributed by atoms with Gasteiger partial charge in [-0.2, -0.15) is 0 Å². The summed E-state index contributed by atoms with van der Waals surface area (Å²) < 4.78 is 0.810. The summed E-state index contributed by atoms with van der Waals surface area (Å²) in [6.45, 7) is 1.30. The van der Waals surface area contributed by atoms with E-state index in [0.717, 1.165) is 22.3 Å². The van der Waals surface area contributed by atoms with Crippen LogP contribution in [0.25, 0.3) is 0 Å². The molecule has 0 atom stereocenters. The van der Waals surface area contributed by atoms with E-state index in [9.17, 15) is 9.59 Å². The smallest absolute Gasteiger partial charge is 0.331 e. The highest BCUT2D eigenvalue weighted by molar-refractivity contribution is 5.98. The third-order valence-electron chi connectivity index (χ3n) is 1.89. The van der Waals surface area contributed by atoms with Gasteiger partial charge < -0.3 is 4.48 Å². The maximum absolute atomic E-state index is 11.0. The van der Waals surface area contributed by atoms with Gasteiger partial charge in [-0.25, -0.2) is 14.5 Å². The second kappa shape index (κ2) is 3.83. The van der Waals surface area contributed by atoms with Gasteiger partial charge in [0.15, 0.2) is 0 Å². The molecular weight excluding hydrogens is 184 g/mol. The number of urea groups is 2. The van der Waals surface area contributed by atoms with Gasteiger partial charge in [0, 0.05) is 13.0 Å². The third-order valence-corrected chi connectivity index (χ3v) is 1.89. The van der Waals surface area contributed by atoms with Gasteiger partial charge in [0.1, 0.15) is 0 Å². The van der Waals surface area contributed by atoms with Gasteiger partial charge in [0.2, 0.25) is 0 Å². The maximum Gasteiger partial charge on any atom is 0.370 e. The normalized spacial score (nSPS) is 16.9. The maximum atomic E-state index is 11.0. The van der Waals surface area contributed by atoms with Gasteiger partial charge in [-0.1, -0.05) is 10.2 Å². The molecule has 0 aliphatic carbocycles. The third kappa shape index (κ3) is 2.88. The number of quaternary nitrogens is 1. The number of imide groups is 1. The van der Waals surface area contributed by atoms with Crippen LogP contribution in [-0.4, -0.2) is 55.7 Å². The van der Waals surface area contributed by atoms with Crippen molar-refractivity contribution in [2.45, 2.75) is 6.42 Å². The molecular formula is C8H15N4O2+. The molecule has 1 aliphatic rings. The van der Waals surface area contributed by atoms with Crippen LogP contribution in [-0.2, 0) is 0 Å². The lowest BCUT2D eigenvalue weighted by Crippen LogP contribution is -2.38. The molecule has 0 saturated heterocycles. The van der Waals surface area contributed by atoms with Crippen LogP contribution in [0.2, 0.25) is 0 Å². The minimum Gasteiger partial charge on any atom is -0.331 e. The second-order valence-corrected chi connectivity index (χ2v) is 4.28. The van der Waals surface area contributed by atoms with E-state index in [1.165, 1.54) is 0 Å².